The van der Waals surface area contributed by atoms with Gasteiger partial charge in [-0.2, -0.15) is 0 Å². The quantitative estimate of drug-likeness (QED) is 0.272. The minimum absolute atomic E-state index is 0.0776. The molecule has 0 amide bonds. The Bertz CT molecular complexity index is 905. The van der Waals surface area contributed by atoms with E-state index in [-0.39, 0.29) is 17.9 Å². The van der Waals surface area contributed by atoms with Crippen LogP contribution in [0.4, 0.5) is 5.69 Å². The summed E-state index contributed by atoms with van der Waals surface area (Å²) in [6.07, 6.45) is 3.15. The predicted octanol–water partition coefficient (Wildman–Crippen LogP) is 4.39. The molecule has 0 atom stereocenters. The first kappa shape index (κ1) is 17.2. The van der Waals surface area contributed by atoms with E-state index in [1.807, 2.05) is 17.5 Å². The molecule has 0 spiro atoms. The van der Waals surface area contributed by atoms with Crippen molar-refractivity contribution in [3.05, 3.63) is 63.3 Å². The maximum atomic E-state index is 12.1. The molecule has 0 radical (unpaired) electrons. The van der Waals surface area contributed by atoms with Crippen LogP contribution in [0.3, 0.4) is 0 Å². The van der Waals surface area contributed by atoms with E-state index in [0.717, 1.165) is 4.88 Å². The molecular formula is C16H12N2O5S2. The molecule has 0 unspecified atom stereocenters. The fourth-order valence-corrected chi connectivity index (χ4v) is 3.27. The van der Waals surface area contributed by atoms with Gasteiger partial charge in [0, 0.05) is 6.07 Å². The second kappa shape index (κ2) is 7.49. The minimum atomic E-state index is -0.656. The Morgan fingerprint density at radius 3 is 2.96 bits per heavy atom. The zero-order chi connectivity index (χ0) is 17.8. The first-order chi connectivity index (χ1) is 12.1. The number of hydrogen-bond acceptors (Lipinski definition) is 8. The van der Waals surface area contributed by atoms with Crippen LogP contribution >= 0.6 is 23.1 Å². The number of thiophene rings is 1. The van der Waals surface area contributed by atoms with Crippen molar-refractivity contribution in [2.24, 2.45) is 0 Å². The molecule has 3 rings (SSSR count). The topological polar surface area (TPSA) is 95.5 Å². The Kier molecular flexibility index (Phi) is 5.15. The highest BCUT2D eigenvalue weighted by atomic mass is 32.2. The van der Waals surface area contributed by atoms with Gasteiger partial charge in [-0.3, -0.25) is 10.1 Å². The van der Waals surface area contributed by atoms with Crippen molar-refractivity contribution in [1.29, 1.82) is 0 Å². The Morgan fingerprint density at radius 2 is 2.28 bits per heavy atom. The summed E-state index contributed by atoms with van der Waals surface area (Å²) in [5.41, 5.74) is 0.460. The number of carbonyl (C=O) groups excluding carboxylic acids is 1. The van der Waals surface area contributed by atoms with Crippen LogP contribution in [0.25, 0.3) is 10.8 Å². The molecule has 3 aromatic rings. The summed E-state index contributed by atoms with van der Waals surface area (Å²) >= 11 is 2.73. The summed E-state index contributed by atoms with van der Waals surface area (Å²) in [5.74, 6) is -0.197. The minimum Gasteiger partial charge on any atom is -0.455 e. The van der Waals surface area contributed by atoms with Crippen LogP contribution in [0.1, 0.15) is 16.1 Å². The summed E-state index contributed by atoms with van der Waals surface area (Å²) < 4.78 is 10.5. The molecule has 0 aliphatic rings. The lowest BCUT2D eigenvalue weighted by molar-refractivity contribution is -0.387. The third-order valence-electron chi connectivity index (χ3n) is 3.25. The summed E-state index contributed by atoms with van der Waals surface area (Å²) in [6, 6.07) is 8.01. The predicted molar refractivity (Wildman–Crippen MR) is 93.8 cm³/mol. The number of nitro groups is 1. The molecule has 0 N–H and O–H groups in total. The van der Waals surface area contributed by atoms with E-state index in [2.05, 4.69) is 4.98 Å². The largest absolute Gasteiger partial charge is 0.455 e. The fourth-order valence-electron chi connectivity index (χ4n) is 2.07. The van der Waals surface area contributed by atoms with Crippen molar-refractivity contribution in [2.45, 2.75) is 11.5 Å². The maximum Gasteiger partial charge on any atom is 0.338 e. The third kappa shape index (κ3) is 3.89. The number of rotatable bonds is 6. The molecule has 128 valence electrons. The van der Waals surface area contributed by atoms with Crippen LogP contribution < -0.4 is 0 Å². The number of nitro benzene ring substituents is 1. The van der Waals surface area contributed by atoms with Crippen LogP contribution in [0, 0.1) is 10.1 Å². The van der Waals surface area contributed by atoms with Gasteiger partial charge < -0.3 is 9.15 Å². The van der Waals surface area contributed by atoms with Gasteiger partial charge in [-0.1, -0.05) is 6.07 Å². The Labute approximate surface area is 150 Å². The second-order valence-corrected chi connectivity index (χ2v) is 6.64. The lowest BCUT2D eigenvalue weighted by atomic mass is 10.2. The number of aromatic nitrogens is 1. The molecule has 0 aliphatic carbocycles. The molecule has 2 heterocycles. The number of nitrogens with zero attached hydrogens (tertiary/aromatic N) is 2. The van der Waals surface area contributed by atoms with Crippen molar-refractivity contribution in [3.63, 3.8) is 0 Å². The third-order valence-corrected chi connectivity index (χ3v) is 4.89. The SMILES string of the molecule is CSc1ccc(C(=O)OCc2coc(-c3cccs3)n2)cc1[N+](=O)[O-]. The lowest BCUT2D eigenvalue weighted by Crippen LogP contribution is -2.06. The number of ether oxygens (including phenoxy) is 1. The zero-order valence-corrected chi connectivity index (χ0v) is 14.6. The summed E-state index contributed by atoms with van der Waals surface area (Å²) in [7, 11) is 0. The van der Waals surface area contributed by atoms with E-state index >= 15 is 0 Å². The van der Waals surface area contributed by atoms with Gasteiger partial charge in [-0.25, -0.2) is 9.78 Å². The second-order valence-electron chi connectivity index (χ2n) is 4.84. The average molecular weight is 376 g/mol. The number of esters is 1. The van der Waals surface area contributed by atoms with Crippen molar-refractivity contribution < 1.29 is 18.9 Å². The van der Waals surface area contributed by atoms with Crippen LogP contribution in [0.15, 0.2) is 51.3 Å². The van der Waals surface area contributed by atoms with Gasteiger partial charge >= 0.3 is 5.97 Å². The van der Waals surface area contributed by atoms with Gasteiger partial charge in [0.2, 0.25) is 5.89 Å². The molecular weight excluding hydrogens is 364 g/mol. The van der Waals surface area contributed by atoms with Crippen molar-refractivity contribution in [2.75, 3.05) is 6.26 Å². The van der Waals surface area contributed by atoms with Gasteiger partial charge in [0.1, 0.15) is 18.6 Å². The number of oxazole rings is 1. The average Bonchev–Trinajstić information content (AvgIpc) is 3.30. The molecule has 0 saturated carbocycles. The molecule has 0 bridgehead atoms. The number of carbonyl (C=O) groups is 1. The van der Waals surface area contributed by atoms with Gasteiger partial charge in [-0.05, 0) is 29.8 Å². The lowest BCUT2D eigenvalue weighted by Gasteiger charge is -2.04. The van der Waals surface area contributed by atoms with Crippen LogP contribution in [0.2, 0.25) is 0 Å². The van der Waals surface area contributed by atoms with E-state index in [1.165, 1.54) is 47.6 Å². The molecule has 25 heavy (non-hydrogen) atoms. The van der Waals surface area contributed by atoms with E-state index in [4.69, 9.17) is 9.15 Å². The normalized spacial score (nSPS) is 10.6. The van der Waals surface area contributed by atoms with Gasteiger partial charge in [0.15, 0.2) is 0 Å². The molecule has 1 aromatic carbocycles. The van der Waals surface area contributed by atoms with Crippen molar-refractivity contribution >= 4 is 34.8 Å². The highest BCUT2D eigenvalue weighted by Crippen LogP contribution is 2.28. The van der Waals surface area contributed by atoms with Gasteiger partial charge in [0.05, 0.1) is 20.3 Å². The highest BCUT2D eigenvalue weighted by molar-refractivity contribution is 7.98. The van der Waals surface area contributed by atoms with E-state index in [1.54, 1.807) is 6.26 Å². The summed E-state index contributed by atoms with van der Waals surface area (Å²) in [4.78, 5) is 28.3. The molecule has 7 nitrogen and oxygen atoms in total. The van der Waals surface area contributed by atoms with Crippen LogP contribution in [-0.4, -0.2) is 22.1 Å². The Hall–Kier alpha value is -2.65. The fraction of sp³-hybridized carbons (Fsp3) is 0.125. The van der Waals surface area contributed by atoms with E-state index < -0.39 is 10.9 Å². The van der Waals surface area contributed by atoms with Crippen molar-refractivity contribution in [1.82, 2.24) is 4.98 Å². The van der Waals surface area contributed by atoms with Crippen LogP contribution in [-0.2, 0) is 11.3 Å². The molecule has 0 aliphatic heterocycles. The highest BCUT2D eigenvalue weighted by Gasteiger charge is 2.18. The number of benzene rings is 1. The Morgan fingerprint density at radius 1 is 1.44 bits per heavy atom. The first-order valence-corrected chi connectivity index (χ1v) is 9.16. The van der Waals surface area contributed by atoms with Gasteiger partial charge in [0.25, 0.3) is 5.69 Å². The van der Waals surface area contributed by atoms with E-state index in [9.17, 15) is 14.9 Å². The zero-order valence-electron chi connectivity index (χ0n) is 13.0. The molecule has 0 saturated heterocycles. The van der Waals surface area contributed by atoms with Crippen LogP contribution in [0.5, 0.6) is 0 Å². The molecule has 9 heteroatoms. The molecule has 2 aromatic heterocycles. The number of hydrogen-bond donors (Lipinski definition) is 0. The maximum absolute atomic E-state index is 12.1. The van der Waals surface area contributed by atoms with Crippen molar-refractivity contribution in [3.8, 4) is 10.8 Å². The van der Waals surface area contributed by atoms with Gasteiger partial charge in [-0.15, -0.1) is 23.1 Å². The van der Waals surface area contributed by atoms with E-state index in [0.29, 0.717) is 16.5 Å². The summed E-state index contributed by atoms with van der Waals surface area (Å²) in [5, 5.41) is 13.0. The smallest absolute Gasteiger partial charge is 0.338 e. The Balaban J connectivity index is 1.69. The summed E-state index contributed by atoms with van der Waals surface area (Å²) in [6.45, 7) is -0.0776. The number of thioether (sulfide) groups is 1. The monoisotopic (exact) mass is 376 g/mol. The first-order valence-electron chi connectivity index (χ1n) is 7.06. The molecule has 0 fully saturated rings. The standard InChI is InChI=1S/C16H12N2O5S2/c1-24-13-5-4-10(7-12(13)18(20)21)16(19)23-9-11-8-22-15(17-11)14-3-2-6-25-14/h2-8H,9H2,1H3.